The first-order valence-electron chi connectivity index (χ1n) is 9.18. The van der Waals surface area contributed by atoms with Crippen LogP contribution in [0.1, 0.15) is 22.8 Å². The number of rotatable bonds is 7. The highest BCUT2D eigenvalue weighted by Gasteiger charge is 2.21. The second kappa shape index (κ2) is 9.23. The van der Waals surface area contributed by atoms with Crippen molar-refractivity contribution in [3.05, 3.63) is 54.0 Å². The van der Waals surface area contributed by atoms with Crippen molar-refractivity contribution in [2.75, 3.05) is 39.3 Å². The van der Waals surface area contributed by atoms with Crippen LogP contribution in [0.3, 0.4) is 0 Å². The highest BCUT2D eigenvalue weighted by molar-refractivity contribution is 5.96. The van der Waals surface area contributed by atoms with Gasteiger partial charge < -0.3 is 19.4 Å². The van der Waals surface area contributed by atoms with Gasteiger partial charge in [0.25, 0.3) is 5.91 Å². The van der Waals surface area contributed by atoms with Crippen molar-refractivity contribution >= 4 is 11.8 Å². The van der Waals surface area contributed by atoms with E-state index in [1.807, 2.05) is 19.1 Å². The standard InChI is InChI=1S/C20H25N3O4/c1-2-27-18-5-3-16(4-6-18)14-22-8-10-23(11-9-22)19(24)13-21-20(25)17-7-12-26-15-17/h3-7,12,15H,2,8-11,13-14H2,1H3,(H,21,25). The van der Waals surface area contributed by atoms with E-state index < -0.39 is 0 Å². The van der Waals surface area contributed by atoms with Crippen molar-refractivity contribution in [2.24, 2.45) is 0 Å². The SMILES string of the molecule is CCOc1ccc(CN2CCN(C(=O)CNC(=O)c3ccoc3)CC2)cc1. The van der Waals surface area contributed by atoms with Gasteiger partial charge in [-0.1, -0.05) is 12.1 Å². The number of benzene rings is 1. The van der Waals surface area contributed by atoms with Crippen molar-refractivity contribution in [1.82, 2.24) is 15.1 Å². The molecule has 0 spiro atoms. The fourth-order valence-corrected chi connectivity index (χ4v) is 3.03. The summed E-state index contributed by atoms with van der Waals surface area (Å²) in [4.78, 5) is 28.3. The Morgan fingerprint density at radius 3 is 2.48 bits per heavy atom. The molecule has 2 heterocycles. The molecule has 1 fully saturated rings. The molecule has 0 bridgehead atoms. The first kappa shape index (κ1) is 19.0. The zero-order valence-electron chi connectivity index (χ0n) is 15.5. The Hall–Kier alpha value is -2.80. The lowest BCUT2D eigenvalue weighted by Crippen LogP contribution is -2.50. The maximum Gasteiger partial charge on any atom is 0.254 e. The van der Waals surface area contributed by atoms with Gasteiger partial charge in [-0.15, -0.1) is 0 Å². The zero-order chi connectivity index (χ0) is 19.1. The van der Waals surface area contributed by atoms with Gasteiger partial charge in [0.05, 0.1) is 25.0 Å². The van der Waals surface area contributed by atoms with Gasteiger partial charge in [-0.05, 0) is 30.7 Å². The second-order valence-corrected chi connectivity index (χ2v) is 6.43. The van der Waals surface area contributed by atoms with Crippen molar-refractivity contribution < 1.29 is 18.7 Å². The molecule has 0 unspecified atom stereocenters. The third-order valence-corrected chi connectivity index (χ3v) is 4.55. The predicted molar refractivity (Wildman–Crippen MR) is 101 cm³/mol. The van der Waals surface area contributed by atoms with E-state index in [0.29, 0.717) is 25.3 Å². The second-order valence-electron chi connectivity index (χ2n) is 6.43. The van der Waals surface area contributed by atoms with Crippen molar-refractivity contribution in [2.45, 2.75) is 13.5 Å². The maximum atomic E-state index is 12.3. The van der Waals surface area contributed by atoms with Crippen molar-refractivity contribution in [3.63, 3.8) is 0 Å². The van der Waals surface area contributed by atoms with E-state index in [4.69, 9.17) is 9.15 Å². The highest BCUT2D eigenvalue weighted by Crippen LogP contribution is 2.14. The summed E-state index contributed by atoms with van der Waals surface area (Å²) in [5, 5.41) is 2.63. The molecule has 1 aromatic carbocycles. The molecule has 1 aliphatic heterocycles. The van der Waals surface area contributed by atoms with Crippen LogP contribution in [-0.2, 0) is 11.3 Å². The quantitative estimate of drug-likeness (QED) is 0.803. The van der Waals surface area contributed by atoms with Gasteiger partial charge >= 0.3 is 0 Å². The average Bonchev–Trinajstić information content (AvgIpc) is 3.23. The minimum atomic E-state index is -0.300. The number of nitrogens with one attached hydrogen (secondary N) is 1. The van der Waals surface area contributed by atoms with E-state index in [2.05, 4.69) is 22.3 Å². The van der Waals surface area contributed by atoms with E-state index in [1.165, 1.54) is 18.1 Å². The Balaban J connectivity index is 1.40. The third-order valence-electron chi connectivity index (χ3n) is 4.55. The molecule has 7 heteroatoms. The minimum Gasteiger partial charge on any atom is -0.494 e. The molecule has 2 aromatic rings. The Morgan fingerprint density at radius 1 is 1.11 bits per heavy atom. The van der Waals surface area contributed by atoms with Crippen LogP contribution in [0.5, 0.6) is 5.75 Å². The number of hydrogen-bond donors (Lipinski definition) is 1. The molecular formula is C20H25N3O4. The molecule has 0 radical (unpaired) electrons. The van der Waals surface area contributed by atoms with Crippen LogP contribution in [0.15, 0.2) is 47.3 Å². The minimum absolute atomic E-state index is 0.00288. The lowest BCUT2D eigenvalue weighted by atomic mass is 10.2. The van der Waals surface area contributed by atoms with E-state index in [-0.39, 0.29) is 18.4 Å². The molecule has 1 N–H and O–H groups in total. The first-order chi connectivity index (χ1) is 13.2. The summed E-state index contributed by atoms with van der Waals surface area (Å²) in [6, 6.07) is 9.70. The van der Waals surface area contributed by atoms with Gasteiger partial charge in [0.1, 0.15) is 12.0 Å². The normalized spacial score (nSPS) is 14.8. The number of furan rings is 1. The summed E-state index contributed by atoms with van der Waals surface area (Å²) >= 11 is 0. The number of amides is 2. The molecular weight excluding hydrogens is 346 g/mol. The van der Waals surface area contributed by atoms with Gasteiger partial charge in [0.15, 0.2) is 0 Å². The van der Waals surface area contributed by atoms with E-state index in [9.17, 15) is 9.59 Å². The monoisotopic (exact) mass is 371 g/mol. The number of ether oxygens (including phenoxy) is 1. The summed E-state index contributed by atoms with van der Waals surface area (Å²) in [5.74, 6) is 0.521. The van der Waals surface area contributed by atoms with Crippen LogP contribution >= 0.6 is 0 Å². The van der Waals surface area contributed by atoms with Gasteiger partial charge in [0, 0.05) is 32.7 Å². The fraction of sp³-hybridized carbons (Fsp3) is 0.400. The molecule has 2 amide bonds. The van der Waals surface area contributed by atoms with E-state index in [1.54, 1.807) is 11.0 Å². The lowest BCUT2D eigenvalue weighted by Gasteiger charge is -2.34. The lowest BCUT2D eigenvalue weighted by molar-refractivity contribution is -0.131. The molecule has 144 valence electrons. The fourth-order valence-electron chi connectivity index (χ4n) is 3.03. The maximum absolute atomic E-state index is 12.3. The van der Waals surface area contributed by atoms with Crippen LogP contribution in [0.4, 0.5) is 0 Å². The summed E-state index contributed by atoms with van der Waals surface area (Å²) in [7, 11) is 0. The van der Waals surface area contributed by atoms with Crippen LogP contribution in [0.2, 0.25) is 0 Å². The van der Waals surface area contributed by atoms with E-state index in [0.717, 1.165) is 25.4 Å². The van der Waals surface area contributed by atoms with Gasteiger partial charge in [-0.2, -0.15) is 0 Å². The Labute approximate surface area is 158 Å². The Morgan fingerprint density at radius 2 is 1.85 bits per heavy atom. The van der Waals surface area contributed by atoms with E-state index >= 15 is 0 Å². The highest BCUT2D eigenvalue weighted by atomic mass is 16.5. The summed E-state index contributed by atoms with van der Waals surface area (Å²) < 4.78 is 10.3. The smallest absolute Gasteiger partial charge is 0.254 e. The molecule has 1 aliphatic rings. The first-order valence-corrected chi connectivity index (χ1v) is 9.18. The molecule has 3 rings (SSSR count). The summed E-state index contributed by atoms with van der Waals surface area (Å²) in [5.41, 5.74) is 1.65. The topological polar surface area (TPSA) is 75.0 Å². The summed E-state index contributed by atoms with van der Waals surface area (Å²) in [6.07, 6.45) is 2.79. The number of hydrogen-bond acceptors (Lipinski definition) is 5. The summed E-state index contributed by atoms with van der Waals surface area (Å²) in [6.45, 7) is 6.45. The largest absolute Gasteiger partial charge is 0.494 e. The zero-order valence-corrected chi connectivity index (χ0v) is 15.5. The van der Waals surface area contributed by atoms with Crippen LogP contribution < -0.4 is 10.1 Å². The predicted octanol–water partition coefficient (Wildman–Crippen LogP) is 1.75. The molecule has 0 atom stereocenters. The molecule has 1 saturated heterocycles. The number of carbonyl (C=O) groups is 2. The molecule has 1 aromatic heterocycles. The molecule has 0 aliphatic carbocycles. The number of piperazine rings is 1. The Kier molecular flexibility index (Phi) is 6.49. The van der Waals surface area contributed by atoms with Gasteiger partial charge in [-0.3, -0.25) is 14.5 Å². The van der Waals surface area contributed by atoms with Crippen LogP contribution in [-0.4, -0.2) is 60.9 Å². The number of carbonyl (C=O) groups excluding carboxylic acids is 2. The number of nitrogens with zero attached hydrogens (tertiary/aromatic N) is 2. The molecule has 0 saturated carbocycles. The van der Waals surface area contributed by atoms with Crippen molar-refractivity contribution in [3.8, 4) is 5.75 Å². The van der Waals surface area contributed by atoms with Gasteiger partial charge in [-0.25, -0.2) is 0 Å². The van der Waals surface area contributed by atoms with Crippen LogP contribution in [0, 0.1) is 0 Å². The van der Waals surface area contributed by atoms with Crippen LogP contribution in [0.25, 0.3) is 0 Å². The average molecular weight is 371 g/mol. The molecule has 27 heavy (non-hydrogen) atoms. The van der Waals surface area contributed by atoms with Crippen molar-refractivity contribution in [1.29, 1.82) is 0 Å². The Bertz CT molecular complexity index is 735. The third kappa shape index (κ3) is 5.34. The molecule has 7 nitrogen and oxygen atoms in total. The van der Waals surface area contributed by atoms with Gasteiger partial charge in [0.2, 0.25) is 5.91 Å².